The summed E-state index contributed by atoms with van der Waals surface area (Å²) in [5, 5.41) is 0. The van der Waals surface area contributed by atoms with Crippen LogP contribution in [-0.4, -0.2) is 13.6 Å². The second-order valence-electron chi connectivity index (χ2n) is 2.83. The maximum atomic E-state index is 3.70. The lowest BCUT2D eigenvalue weighted by molar-refractivity contribution is 0.900. The van der Waals surface area contributed by atoms with Gasteiger partial charge in [0.2, 0.25) is 0 Å². The van der Waals surface area contributed by atoms with Gasteiger partial charge in [0.15, 0.2) is 0 Å². The largest absolute Gasteiger partial charge is 0.374 e. The fourth-order valence-corrected chi connectivity index (χ4v) is 1.10. The number of rotatable bonds is 4. The van der Waals surface area contributed by atoms with Crippen molar-refractivity contribution in [2.75, 3.05) is 18.5 Å². The number of para-hydroxylation sites is 1. The highest BCUT2D eigenvalue weighted by Crippen LogP contribution is 2.10. The lowest BCUT2D eigenvalue weighted by Crippen LogP contribution is -2.17. The molecule has 0 radical (unpaired) electrons. The molecule has 0 saturated carbocycles. The molecule has 0 spiro atoms. The first-order valence-electron chi connectivity index (χ1n) is 4.21. The lowest BCUT2D eigenvalue weighted by atomic mass is 10.3. The summed E-state index contributed by atoms with van der Waals surface area (Å²) in [6, 6.07) is 10.4. The van der Waals surface area contributed by atoms with Crippen molar-refractivity contribution in [2.45, 2.75) is 6.42 Å². The van der Waals surface area contributed by atoms with Crippen LogP contribution in [0.15, 0.2) is 43.0 Å². The molecule has 0 bridgehead atoms. The molecule has 1 nitrogen and oxygen atoms in total. The molecule has 1 rings (SSSR count). The summed E-state index contributed by atoms with van der Waals surface area (Å²) >= 11 is 0. The molecule has 0 heterocycles. The topological polar surface area (TPSA) is 3.24 Å². The van der Waals surface area contributed by atoms with Gasteiger partial charge in [0.05, 0.1) is 0 Å². The van der Waals surface area contributed by atoms with E-state index in [2.05, 4.69) is 42.8 Å². The molecule has 0 aromatic heterocycles. The number of hydrogen-bond donors (Lipinski definition) is 0. The van der Waals surface area contributed by atoms with E-state index in [0.29, 0.717) is 0 Å². The fraction of sp³-hybridized carbons (Fsp3) is 0.273. The van der Waals surface area contributed by atoms with Crippen LogP contribution in [0.5, 0.6) is 0 Å². The monoisotopic (exact) mass is 197 g/mol. The summed E-state index contributed by atoms with van der Waals surface area (Å²) in [7, 11) is 2.10. The Bertz CT molecular complexity index is 233. The van der Waals surface area contributed by atoms with Gasteiger partial charge >= 0.3 is 0 Å². The van der Waals surface area contributed by atoms with Gasteiger partial charge in [0.25, 0.3) is 0 Å². The zero-order chi connectivity index (χ0) is 8.81. The Hall–Kier alpha value is -0.950. The number of benzene rings is 1. The molecular weight excluding hydrogens is 182 g/mol. The van der Waals surface area contributed by atoms with Gasteiger partial charge < -0.3 is 4.90 Å². The van der Waals surface area contributed by atoms with E-state index in [1.54, 1.807) is 0 Å². The summed E-state index contributed by atoms with van der Waals surface area (Å²) in [6.07, 6.45) is 2.98. The van der Waals surface area contributed by atoms with Gasteiger partial charge in [0, 0.05) is 19.3 Å². The number of anilines is 1. The summed E-state index contributed by atoms with van der Waals surface area (Å²) in [6.45, 7) is 4.73. The molecule has 1 aromatic carbocycles. The van der Waals surface area contributed by atoms with E-state index in [9.17, 15) is 0 Å². The van der Waals surface area contributed by atoms with E-state index in [1.807, 2.05) is 12.1 Å². The fourth-order valence-electron chi connectivity index (χ4n) is 1.10. The number of nitrogens with zero attached hydrogens (tertiary/aromatic N) is 1. The predicted octanol–water partition coefficient (Wildman–Crippen LogP) is 3.12. The number of halogens is 1. The zero-order valence-corrected chi connectivity index (χ0v) is 8.76. The van der Waals surface area contributed by atoms with Crippen LogP contribution >= 0.6 is 12.4 Å². The van der Waals surface area contributed by atoms with Gasteiger partial charge in [-0.05, 0) is 18.6 Å². The van der Waals surface area contributed by atoms with Crippen LogP contribution in [0.4, 0.5) is 5.69 Å². The molecule has 0 N–H and O–H groups in total. The maximum Gasteiger partial charge on any atom is 0.0363 e. The Balaban J connectivity index is 0.00000144. The third-order valence-corrected chi connectivity index (χ3v) is 1.87. The van der Waals surface area contributed by atoms with Crippen molar-refractivity contribution in [3.63, 3.8) is 0 Å². The molecule has 13 heavy (non-hydrogen) atoms. The van der Waals surface area contributed by atoms with Crippen LogP contribution < -0.4 is 4.90 Å². The Labute approximate surface area is 86.5 Å². The van der Waals surface area contributed by atoms with E-state index in [-0.39, 0.29) is 12.4 Å². The minimum atomic E-state index is 0. The standard InChI is InChI=1S/C11H15N.ClH/c1-3-4-10-12(2)11-8-6-5-7-9-11;/h3,5-9H,1,4,10H2,2H3;1H. The Morgan fingerprint density at radius 2 is 1.92 bits per heavy atom. The zero-order valence-electron chi connectivity index (χ0n) is 7.94. The molecule has 0 aliphatic carbocycles. The molecule has 72 valence electrons. The normalized spacial score (nSPS) is 8.69. The third-order valence-electron chi connectivity index (χ3n) is 1.87. The smallest absolute Gasteiger partial charge is 0.0363 e. The summed E-state index contributed by atoms with van der Waals surface area (Å²) in [5.74, 6) is 0. The summed E-state index contributed by atoms with van der Waals surface area (Å²) in [5.41, 5.74) is 1.26. The van der Waals surface area contributed by atoms with Crippen molar-refractivity contribution in [1.82, 2.24) is 0 Å². The van der Waals surface area contributed by atoms with Gasteiger partial charge in [0.1, 0.15) is 0 Å². The van der Waals surface area contributed by atoms with Gasteiger partial charge in [-0.3, -0.25) is 0 Å². The van der Waals surface area contributed by atoms with Crippen LogP contribution in [0.25, 0.3) is 0 Å². The first-order chi connectivity index (χ1) is 5.84. The van der Waals surface area contributed by atoms with Gasteiger partial charge in [-0.25, -0.2) is 0 Å². The highest BCUT2D eigenvalue weighted by molar-refractivity contribution is 5.85. The van der Waals surface area contributed by atoms with E-state index < -0.39 is 0 Å². The van der Waals surface area contributed by atoms with Crippen molar-refractivity contribution in [3.05, 3.63) is 43.0 Å². The first kappa shape index (κ1) is 12.0. The quantitative estimate of drug-likeness (QED) is 0.671. The van der Waals surface area contributed by atoms with Gasteiger partial charge in [-0.2, -0.15) is 0 Å². The van der Waals surface area contributed by atoms with E-state index in [4.69, 9.17) is 0 Å². The summed E-state index contributed by atoms with van der Waals surface area (Å²) < 4.78 is 0. The van der Waals surface area contributed by atoms with Crippen molar-refractivity contribution < 1.29 is 0 Å². The maximum absolute atomic E-state index is 3.70. The molecule has 1 aromatic rings. The number of hydrogen-bond acceptors (Lipinski definition) is 1. The van der Waals surface area contributed by atoms with Crippen molar-refractivity contribution in [2.24, 2.45) is 0 Å². The van der Waals surface area contributed by atoms with E-state index in [0.717, 1.165) is 13.0 Å². The van der Waals surface area contributed by atoms with Crippen molar-refractivity contribution in [3.8, 4) is 0 Å². The molecule has 0 fully saturated rings. The molecule has 0 amide bonds. The van der Waals surface area contributed by atoms with Gasteiger partial charge in [-0.15, -0.1) is 19.0 Å². The first-order valence-corrected chi connectivity index (χ1v) is 4.21. The minimum Gasteiger partial charge on any atom is -0.374 e. The molecule has 0 atom stereocenters. The average molecular weight is 198 g/mol. The van der Waals surface area contributed by atoms with Crippen LogP contribution in [0.2, 0.25) is 0 Å². The van der Waals surface area contributed by atoms with Crippen LogP contribution in [0, 0.1) is 0 Å². The molecule has 0 aliphatic rings. The summed E-state index contributed by atoms with van der Waals surface area (Å²) in [4.78, 5) is 2.22. The Kier molecular flexibility index (Phi) is 6.07. The average Bonchev–Trinajstić information content (AvgIpc) is 2.15. The van der Waals surface area contributed by atoms with Crippen molar-refractivity contribution >= 4 is 18.1 Å². The molecule has 0 saturated heterocycles. The van der Waals surface area contributed by atoms with Gasteiger partial charge in [-0.1, -0.05) is 24.3 Å². The van der Waals surface area contributed by atoms with E-state index in [1.165, 1.54) is 5.69 Å². The van der Waals surface area contributed by atoms with E-state index >= 15 is 0 Å². The molecule has 0 aliphatic heterocycles. The lowest BCUT2D eigenvalue weighted by Gasteiger charge is -2.17. The van der Waals surface area contributed by atoms with Crippen molar-refractivity contribution in [1.29, 1.82) is 0 Å². The Morgan fingerprint density at radius 3 is 2.46 bits per heavy atom. The second-order valence-corrected chi connectivity index (χ2v) is 2.83. The third kappa shape index (κ3) is 4.00. The molecule has 2 heteroatoms. The van der Waals surface area contributed by atoms with Crippen LogP contribution in [0.3, 0.4) is 0 Å². The minimum absolute atomic E-state index is 0. The predicted molar refractivity (Wildman–Crippen MR) is 61.8 cm³/mol. The highest BCUT2D eigenvalue weighted by atomic mass is 35.5. The SMILES string of the molecule is C=CCCN(C)c1ccccc1.Cl. The highest BCUT2D eigenvalue weighted by Gasteiger charge is 1.95. The Morgan fingerprint density at radius 1 is 1.31 bits per heavy atom. The second kappa shape index (κ2) is 6.55. The molecular formula is C11H16ClN. The van der Waals surface area contributed by atoms with Crippen LogP contribution in [-0.2, 0) is 0 Å². The molecule has 0 unspecified atom stereocenters. The van der Waals surface area contributed by atoms with Crippen LogP contribution in [0.1, 0.15) is 6.42 Å².